The predicted octanol–water partition coefficient (Wildman–Crippen LogP) is 1.81. The van der Waals surface area contributed by atoms with Crippen LogP contribution in [0.1, 0.15) is 13.3 Å². The fraction of sp³-hybridized carbons (Fsp3) is 0.667. The molecule has 66 valence electrons. The maximum atomic E-state index is 11.0. The lowest BCUT2D eigenvalue weighted by Gasteiger charge is -2.09. The zero-order chi connectivity index (χ0) is 8.77. The quantitative estimate of drug-likeness (QED) is 0.612. The van der Waals surface area contributed by atoms with Crippen LogP contribution < -0.4 is 0 Å². The van der Waals surface area contributed by atoms with Crippen LogP contribution in [0, 0.1) is 11.3 Å². The molecular formula is C9H12O2S. The molecule has 0 radical (unpaired) electrons. The van der Waals surface area contributed by atoms with Gasteiger partial charge in [-0.15, -0.1) is 11.8 Å². The molecule has 12 heavy (non-hydrogen) atoms. The molecule has 0 unspecified atom stereocenters. The summed E-state index contributed by atoms with van der Waals surface area (Å²) in [7, 11) is 1.45. The number of hydrogen-bond acceptors (Lipinski definition) is 3. The first-order valence-corrected chi connectivity index (χ1v) is 5.02. The second-order valence-corrected chi connectivity index (χ2v) is 4.72. The first-order chi connectivity index (χ1) is 5.68. The zero-order valence-corrected chi connectivity index (χ0v) is 8.06. The Morgan fingerprint density at radius 3 is 3.00 bits per heavy atom. The highest BCUT2D eigenvalue weighted by atomic mass is 32.2. The molecule has 0 aromatic carbocycles. The fourth-order valence-electron chi connectivity index (χ4n) is 1.93. The van der Waals surface area contributed by atoms with Gasteiger partial charge in [-0.05, 0) is 16.7 Å². The summed E-state index contributed by atoms with van der Waals surface area (Å²) < 4.78 is 4.66. The Morgan fingerprint density at radius 1 is 1.75 bits per heavy atom. The first-order valence-electron chi connectivity index (χ1n) is 4.07. The number of thioether (sulfide) groups is 1. The van der Waals surface area contributed by atoms with Crippen molar-refractivity contribution < 1.29 is 9.53 Å². The Hall–Kier alpha value is -0.440. The van der Waals surface area contributed by atoms with E-state index < -0.39 is 0 Å². The monoisotopic (exact) mass is 184 g/mol. The van der Waals surface area contributed by atoms with Crippen molar-refractivity contribution in [2.75, 3.05) is 7.11 Å². The molecule has 2 aliphatic rings. The van der Waals surface area contributed by atoms with Gasteiger partial charge >= 0.3 is 5.97 Å². The smallest absolute Gasteiger partial charge is 0.306 e. The van der Waals surface area contributed by atoms with Gasteiger partial charge in [0.1, 0.15) is 0 Å². The van der Waals surface area contributed by atoms with Crippen molar-refractivity contribution in [3.05, 3.63) is 11.5 Å². The molecule has 1 saturated carbocycles. The van der Waals surface area contributed by atoms with Gasteiger partial charge in [0.05, 0.1) is 13.5 Å². The van der Waals surface area contributed by atoms with E-state index in [0.717, 1.165) is 0 Å². The second-order valence-electron chi connectivity index (χ2n) is 3.67. The molecule has 3 atom stereocenters. The lowest BCUT2D eigenvalue weighted by atomic mass is 10.0. The van der Waals surface area contributed by atoms with Crippen LogP contribution >= 0.6 is 11.8 Å². The summed E-state index contributed by atoms with van der Waals surface area (Å²) in [5.41, 5.74) is 0.187. The van der Waals surface area contributed by atoms with E-state index in [1.165, 1.54) is 7.11 Å². The van der Waals surface area contributed by atoms with Crippen LogP contribution in [0.15, 0.2) is 11.5 Å². The standard InChI is InChI=1S/C9H12O2S/c1-9(5-7(10)11-2)6-3-4-12-8(6)9/h3-4,6,8H,5H2,1-2H3/t6-,8+,9+/m0/s1. The summed E-state index contributed by atoms with van der Waals surface area (Å²) in [6.45, 7) is 2.16. The van der Waals surface area contributed by atoms with Crippen molar-refractivity contribution in [1.29, 1.82) is 0 Å². The summed E-state index contributed by atoms with van der Waals surface area (Å²) in [5, 5.41) is 2.77. The average Bonchev–Trinajstić information content (AvgIpc) is 2.54. The SMILES string of the molecule is COC(=O)C[C@@]1(C)[C@@H]2SC=C[C@@H]21. The van der Waals surface area contributed by atoms with Crippen LogP contribution in [-0.2, 0) is 9.53 Å². The number of fused-ring (bicyclic) bond motifs is 1. The third-order valence-electron chi connectivity index (χ3n) is 2.89. The molecule has 1 heterocycles. The molecule has 0 aromatic heterocycles. The second kappa shape index (κ2) is 2.52. The van der Waals surface area contributed by atoms with Gasteiger partial charge in [0, 0.05) is 5.25 Å². The van der Waals surface area contributed by atoms with Crippen LogP contribution in [0.5, 0.6) is 0 Å². The third-order valence-corrected chi connectivity index (χ3v) is 4.33. The number of ether oxygens (including phenoxy) is 1. The maximum Gasteiger partial charge on any atom is 0.306 e. The van der Waals surface area contributed by atoms with Crippen molar-refractivity contribution >= 4 is 17.7 Å². The molecule has 0 amide bonds. The van der Waals surface area contributed by atoms with E-state index in [9.17, 15) is 4.79 Å². The molecule has 0 N–H and O–H groups in total. The number of methoxy groups -OCH3 is 1. The van der Waals surface area contributed by atoms with E-state index in [0.29, 0.717) is 17.6 Å². The van der Waals surface area contributed by atoms with Gasteiger partial charge in [0.2, 0.25) is 0 Å². The largest absolute Gasteiger partial charge is 0.469 e. The number of esters is 1. The molecule has 1 aliphatic carbocycles. The lowest BCUT2D eigenvalue weighted by molar-refractivity contribution is -0.141. The molecule has 2 rings (SSSR count). The summed E-state index contributed by atoms with van der Waals surface area (Å²) in [5.74, 6) is 0.530. The Bertz CT molecular complexity index is 249. The Labute approximate surface area is 76.4 Å². The van der Waals surface area contributed by atoms with Crippen LogP contribution in [0.4, 0.5) is 0 Å². The van der Waals surface area contributed by atoms with Gasteiger partial charge in [-0.1, -0.05) is 13.0 Å². The van der Waals surface area contributed by atoms with Gasteiger partial charge in [-0.2, -0.15) is 0 Å². The average molecular weight is 184 g/mol. The van der Waals surface area contributed by atoms with Gasteiger partial charge in [-0.25, -0.2) is 0 Å². The van der Waals surface area contributed by atoms with Gasteiger partial charge in [0.25, 0.3) is 0 Å². The summed E-state index contributed by atoms with van der Waals surface area (Å²) >= 11 is 1.84. The van der Waals surface area contributed by atoms with Gasteiger partial charge in [0.15, 0.2) is 0 Å². The predicted molar refractivity (Wildman–Crippen MR) is 48.7 cm³/mol. The van der Waals surface area contributed by atoms with Crippen molar-refractivity contribution in [3.63, 3.8) is 0 Å². The van der Waals surface area contributed by atoms with Crippen molar-refractivity contribution in [2.45, 2.75) is 18.6 Å². The highest BCUT2D eigenvalue weighted by molar-refractivity contribution is 8.03. The minimum Gasteiger partial charge on any atom is -0.469 e. The van der Waals surface area contributed by atoms with Gasteiger partial charge < -0.3 is 4.74 Å². The van der Waals surface area contributed by atoms with Crippen LogP contribution in [-0.4, -0.2) is 18.3 Å². The molecule has 1 aliphatic heterocycles. The number of hydrogen-bond donors (Lipinski definition) is 0. The zero-order valence-electron chi connectivity index (χ0n) is 7.24. The molecule has 0 bridgehead atoms. The summed E-state index contributed by atoms with van der Waals surface area (Å²) in [4.78, 5) is 11.0. The molecule has 0 aromatic rings. The Balaban J connectivity index is 1.98. The maximum absolute atomic E-state index is 11.0. The minimum absolute atomic E-state index is 0.0825. The Kier molecular flexibility index (Phi) is 1.72. The van der Waals surface area contributed by atoms with E-state index >= 15 is 0 Å². The van der Waals surface area contributed by atoms with Crippen molar-refractivity contribution in [3.8, 4) is 0 Å². The van der Waals surface area contributed by atoms with Crippen LogP contribution in [0.3, 0.4) is 0 Å². The number of allylic oxidation sites excluding steroid dienone is 1. The number of carbonyl (C=O) groups is 1. The van der Waals surface area contributed by atoms with Crippen molar-refractivity contribution in [2.24, 2.45) is 11.3 Å². The molecule has 3 heteroatoms. The number of carbonyl (C=O) groups excluding carboxylic acids is 1. The topological polar surface area (TPSA) is 26.3 Å². The minimum atomic E-state index is -0.0825. The first kappa shape index (κ1) is 8.17. The lowest BCUT2D eigenvalue weighted by Crippen LogP contribution is -2.11. The highest BCUT2D eigenvalue weighted by Crippen LogP contribution is 2.65. The molecule has 0 saturated heterocycles. The van der Waals surface area contributed by atoms with Crippen LogP contribution in [0.2, 0.25) is 0 Å². The van der Waals surface area contributed by atoms with E-state index in [4.69, 9.17) is 0 Å². The van der Waals surface area contributed by atoms with E-state index in [2.05, 4.69) is 23.1 Å². The fourth-order valence-corrected chi connectivity index (χ4v) is 3.41. The summed E-state index contributed by atoms with van der Waals surface area (Å²) in [6.07, 6.45) is 2.77. The highest BCUT2D eigenvalue weighted by Gasteiger charge is 2.62. The third kappa shape index (κ3) is 0.993. The van der Waals surface area contributed by atoms with Crippen LogP contribution in [0.25, 0.3) is 0 Å². The van der Waals surface area contributed by atoms with E-state index in [1.54, 1.807) is 0 Å². The normalized spacial score (nSPS) is 42.5. The molecule has 0 spiro atoms. The van der Waals surface area contributed by atoms with Gasteiger partial charge in [-0.3, -0.25) is 4.79 Å². The number of rotatable bonds is 2. The van der Waals surface area contributed by atoms with E-state index in [1.807, 2.05) is 11.8 Å². The molecular weight excluding hydrogens is 172 g/mol. The molecule has 1 fully saturated rings. The summed E-state index contributed by atoms with van der Waals surface area (Å²) in [6, 6.07) is 0. The van der Waals surface area contributed by atoms with E-state index in [-0.39, 0.29) is 11.4 Å². The van der Waals surface area contributed by atoms with Crippen molar-refractivity contribution in [1.82, 2.24) is 0 Å². The Morgan fingerprint density at radius 2 is 2.50 bits per heavy atom. The molecule has 2 nitrogen and oxygen atoms in total.